The molecule has 25 heavy (non-hydrogen) atoms. The zero-order chi connectivity index (χ0) is 18.1. The molecule has 3 amide bonds. The van der Waals surface area contributed by atoms with E-state index in [4.69, 9.17) is 0 Å². The van der Waals surface area contributed by atoms with Crippen molar-refractivity contribution in [3.05, 3.63) is 68.1 Å². The molecule has 1 unspecified atom stereocenters. The summed E-state index contributed by atoms with van der Waals surface area (Å²) < 4.78 is 1.62. The highest BCUT2D eigenvalue weighted by molar-refractivity contribution is 9.10. The van der Waals surface area contributed by atoms with Crippen molar-refractivity contribution >= 4 is 49.6 Å². The number of nitrogens with one attached hydrogen (secondary N) is 1. The van der Waals surface area contributed by atoms with Gasteiger partial charge in [-0.3, -0.25) is 19.3 Å². The molecule has 128 valence electrons. The summed E-state index contributed by atoms with van der Waals surface area (Å²) >= 11 is 6.67. The molecule has 1 aliphatic heterocycles. The van der Waals surface area contributed by atoms with Crippen LogP contribution in [0.15, 0.2) is 51.4 Å². The maximum Gasteiger partial charge on any atom is 0.262 e. The lowest BCUT2D eigenvalue weighted by Crippen LogP contribution is -2.47. The van der Waals surface area contributed by atoms with E-state index in [0.717, 1.165) is 14.9 Å². The fourth-order valence-electron chi connectivity index (χ4n) is 2.68. The van der Waals surface area contributed by atoms with Gasteiger partial charge < -0.3 is 5.32 Å². The molecule has 1 atom stereocenters. The van der Waals surface area contributed by atoms with Crippen LogP contribution in [-0.4, -0.2) is 28.7 Å². The second-order valence-electron chi connectivity index (χ2n) is 5.69. The van der Waals surface area contributed by atoms with Crippen LogP contribution in [0.25, 0.3) is 0 Å². The van der Waals surface area contributed by atoms with Gasteiger partial charge in [-0.25, -0.2) is 0 Å². The molecule has 5 nitrogen and oxygen atoms in total. The average Bonchev–Trinajstić information content (AvgIpc) is 2.82. The Hall–Kier alpha value is -1.99. The zero-order valence-electron chi connectivity index (χ0n) is 13.3. The van der Waals surface area contributed by atoms with E-state index in [1.165, 1.54) is 0 Å². The molecule has 0 saturated carbocycles. The van der Waals surface area contributed by atoms with Crippen molar-refractivity contribution in [1.82, 2.24) is 10.2 Å². The molecule has 0 aliphatic carbocycles. The molecule has 1 N–H and O–H groups in total. The van der Waals surface area contributed by atoms with Crippen LogP contribution in [-0.2, 0) is 11.3 Å². The summed E-state index contributed by atoms with van der Waals surface area (Å²) in [6.07, 6.45) is 0. The van der Waals surface area contributed by atoms with Gasteiger partial charge in [0, 0.05) is 15.5 Å². The fourth-order valence-corrected chi connectivity index (χ4v) is 3.49. The van der Waals surface area contributed by atoms with E-state index in [2.05, 4.69) is 37.2 Å². The Balaban J connectivity index is 1.72. The van der Waals surface area contributed by atoms with Gasteiger partial charge in [0.05, 0.1) is 11.1 Å². The number of rotatable bonds is 4. The van der Waals surface area contributed by atoms with Crippen molar-refractivity contribution in [3.8, 4) is 0 Å². The number of hydrogen-bond donors (Lipinski definition) is 1. The van der Waals surface area contributed by atoms with Crippen LogP contribution in [0.5, 0.6) is 0 Å². The van der Waals surface area contributed by atoms with E-state index >= 15 is 0 Å². The van der Waals surface area contributed by atoms with Crippen LogP contribution in [0.3, 0.4) is 0 Å². The number of amides is 3. The minimum Gasteiger partial charge on any atom is -0.350 e. The summed E-state index contributed by atoms with van der Waals surface area (Å²) in [6, 6.07) is 11.5. The number of halogens is 2. The Morgan fingerprint density at radius 1 is 1.04 bits per heavy atom. The number of nitrogens with zero attached hydrogens (tertiary/aromatic N) is 1. The second-order valence-corrected chi connectivity index (χ2v) is 7.53. The number of fused-ring (bicyclic) bond motifs is 1. The van der Waals surface area contributed by atoms with Crippen molar-refractivity contribution < 1.29 is 14.4 Å². The third-order valence-electron chi connectivity index (χ3n) is 4.00. The van der Waals surface area contributed by atoms with E-state index in [9.17, 15) is 14.4 Å². The molecule has 0 fully saturated rings. The van der Waals surface area contributed by atoms with E-state index in [0.29, 0.717) is 22.1 Å². The number of imide groups is 1. The van der Waals surface area contributed by atoms with E-state index in [1.54, 1.807) is 25.1 Å². The Morgan fingerprint density at radius 3 is 2.44 bits per heavy atom. The maximum absolute atomic E-state index is 12.5. The third-order valence-corrected chi connectivity index (χ3v) is 4.99. The molecule has 2 aromatic rings. The smallest absolute Gasteiger partial charge is 0.262 e. The van der Waals surface area contributed by atoms with Crippen molar-refractivity contribution in [2.75, 3.05) is 0 Å². The van der Waals surface area contributed by atoms with Crippen LogP contribution in [0, 0.1) is 0 Å². The van der Waals surface area contributed by atoms with Crippen LogP contribution in [0.2, 0.25) is 0 Å². The van der Waals surface area contributed by atoms with Crippen LogP contribution < -0.4 is 5.32 Å². The van der Waals surface area contributed by atoms with Crippen molar-refractivity contribution in [3.63, 3.8) is 0 Å². The first-order chi connectivity index (χ1) is 11.9. The second kappa shape index (κ2) is 7.09. The van der Waals surface area contributed by atoms with Gasteiger partial charge in [0.1, 0.15) is 6.04 Å². The van der Waals surface area contributed by atoms with Crippen molar-refractivity contribution in [1.29, 1.82) is 0 Å². The SMILES string of the molecule is CC(C(=O)NCc1cccc(Br)c1)N1C(=O)c2ccc(Br)cc2C1=O. The van der Waals surface area contributed by atoms with Crippen LogP contribution >= 0.6 is 31.9 Å². The van der Waals surface area contributed by atoms with Crippen molar-refractivity contribution in [2.24, 2.45) is 0 Å². The number of benzene rings is 2. The molecule has 7 heteroatoms. The monoisotopic (exact) mass is 464 g/mol. The molecule has 0 saturated heterocycles. The predicted octanol–water partition coefficient (Wildman–Crippen LogP) is 3.51. The zero-order valence-corrected chi connectivity index (χ0v) is 16.4. The van der Waals surface area contributed by atoms with Gasteiger partial charge in [-0.1, -0.05) is 44.0 Å². The number of hydrogen-bond acceptors (Lipinski definition) is 3. The molecule has 0 spiro atoms. The molecular weight excluding hydrogens is 452 g/mol. The Morgan fingerprint density at radius 2 is 1.72 bits per heavy atom. The Bertz CT molecular complexity index is 882. The first-order valence-corrected chi connectivity index (χ1v) is 9.16. The van der Waals surface area contributed by atoms with Gasteiger partial charge in [-0.15, -0.1) is 0 Å². The Kier molecular flexibility index (Phi) is 5.06. The maximum atomic E-state index is 12.5. The summed E-state index contributed by atoms with van der Waals surface area (Å²) in [7, 11) is 0. The topological polar surface area (TPSA) is 66.5 Å². The quantitative estimate of drug-likeness (QED) is 0.702. The molecule has 3 rings (SSSR count). The highest BCUT2D eigenvalue weighted by Gasteiger charge is 2.40. The summed E-state index contributed by atoms with van der Waals surface area (Å²) in [6.45, 7) is 1.87. The fraction of sp³-hybridized carbons (Fsp3) is 0.167. The minimum atomic E-state index is -0.890. The third kappa shape index (κ3) is 3.52. The normalized spacial score (nSPS) is 14.4. The van der Waals surface area contributed by atoms with Crippen LogP contribution in [0.1, 0.15) is 33.2 Å². The van der Waals surface area contributed by atoms with Gasteiger partial charge in [0.25, 0.3) is 11.8 Å². The lowest BCUT2D eigenvalue weighted by Gasteiger charge is -2.21. The summed E-state index contributed by atoms with van der Waals surface area (Å²) in [5.74, 6) is -1.28. The summed E-state index contributed by atoms with van der Waals surface area (Å²) in [5.41, 5.74) is 1.55. The summed E-state index contributed by atoms with van der Waals surface area (Å²) in [5, 5.41) is 2.77. The molecular formula is C18H14Br2N2O3. The average molecular weight is 466 g/mol. The lowest BCUT2D eigenvalue weighted by molar-refractivity contribution is -0.124. The van der Waals surface area contributed by atoms with Gasteiger partial charge >= 0.3 is 0 Å². The first-order valence-electron chi connectivity index (χ1n) is 7.58. The van der Waals surface area contributed by atoms with Crippen molar-refractivity contribution in [2.45, 2.75) is 19.5 Å². The molecule has 1 aliphatic rings. The van der Waals surface area contributed by atoms with E-state index < -0.39 is 17.9 Å². The largest absolute Gasteiger partial charge is 0.350 e. The molecule has 0 radical (unpaired) electrons. The van der Waals surface area contributed by atoms with Gasteiger partial charge in [0.15, 0.2) is 0 Å². The number of carbonyl (C=O) groups is 3. The molecule has 0 aromatic heterocycles. The van der Waals surface area contributed by atoms with Gasteiger partial charge in [-0.2, -0.15) is 0 Å². The molecule has 0 bridgehead atoms. The highest BCUT2D eigenvalue weighted by atomic mass is 79.9. The predicted molar refractivity (Wildman–Crippen MR) is 100 cm³/mol. The molecule has 1 heterocycles. The van der Waals surface area contributed by atoms with E-state index in [1.807, 2.05) is 24.3 Å². The number of carbonyl (C=O) groups excluding carboxylic acids is 3. The molecule has 2 aromatic carbocycles. The first kappa shape index (κ1) is 17.8. The van der Waals surface area contributed by atoms with Crippen LogP contribution in [0.4, 0.5) is 0 Å². The van der Waals surface area contributed by atoms with E-state index in [-0.39, 0.29) is 5.91 Å². The standard InChI is InChI=1S/C18H14Br2N2O3/c1-10(16(23)21-9-11-3-2-4-12(19)7-11)22-17(24)14-6-5-13(20)8-15(14)18(22)25/h2-8,10H,9H2,1H3,(H,21,23). The van der Waals surface area contributed by atoms with Gasteiger partial charge in [-0.05, 0) is 42.8 Å². The lowest BCUT2D eigenvalue weighted by atomic mass is 10.1. The highest BCUT2D eigenvalue weighted by Crippen LogP contribution is 2.27. The minimum absolute atomic E-state index is 0.311. The summed E-state index contributed by atoms with van der Waals surface area (Å²) in [4.78, 5) is 38.4. The Labute approximate surface area is 161 Å². The van der Waals surface area contributed by atoms with Gasteiger partial charge in [0.2, 0.25) is 5.91 Å².